The molecule has 0 radical (unpaired) electrons. The van der Waals surface area contributed by atoms with Crippen LogP contribution in [-0.4, -0.2) is 33.3 Å². The number of benzene rings is 3. The molecule has 3 aromatic carbocycles. The molecule has 0 saturated carbocycles. The molecule has 3 rings (SSSR count). The van der Waals surface area contributed by atoms with Gasteiger partial charge in [0, 0.05) is 10.6 Å². The fourth-order valence-electron chi connectivity index (χ4n) is 3.07. The van der Waals surface area contributed by atoms with Crippen molar-refractivity contribution in [1.82, 2.24) is 5.43 Å². The average Bonchev–Trinajstić information content (AvgIpc) is 2.82. The third kappa shape index (κ3) is 7.33. The number of nitrogens with one attached hydrogen (secondary N) is 1. The van der Waals surface area contributed by atoms with Gasteiger partial charge < -0.3 is 4.74 Å². The van der Waals surface area contributed by atoms with Gasteiger partial charge in [0.1, 0.15) is 18.9 Å². The molecule has 1 N–H and O–H groups in total. The predicted molar refractivity (Wildman–Crippen MR) is 136 cm³/mol. The van der Waals surface area contributed by atoms with E-state index < -0.39 is 15.9 Å². The third-order valence-electron chi connectivity index (χ3n) is 4.96. The Kier molecular flexibility index (Phi) is 8.67. The number of carbonyl (C=O) groups is 1. The molecule has 34 heavy (non-hydrogen) atoms. The number of nitrogens with zero attached hydrogens (tertiary/aromatic N) is 2. The SMILES string of the molecule is CCc1ccc(N(CC(=O)N/N=C\c2ccc(OCc3ccccc3Cl)cc2)S(C)(=O)=O)cc1. The zero-order chi connectivity index (χ0) is 24.6. The topological polar surface area (TPSA) is 88.1 Å². The maximum atomic E-state index is 12.3. The van der Waals surface area contributed by atoms with E-state index in [1.807, 2.05) is 43.3 Å². The zero-order valence-corrected chi connectivity index (χ0v) is 20.5. The molecule has 0 bridgehead atoms. The summed E-state index contributed by atoms with van der Waals surface area (Å²) < 4.78 is 31.2. The molecule has 9 heteroatoms. The van der Waals surface area contributed by atoms with Gasteiger partial charge in [0.05, 0.1) is 18.2 Å². The van der Waals surface area contributed by atoms with Crippen molar-refractivity contribution >= 4 is 39.4 Å². The van der Waals surface area contributed by atoms with Crippen molar-refractivity contribution < 1.29 is 17.9 Å². The van der Waals surface area contributed by atoms with Crippen molar-refractivity contribution in [2.45, 2.75) is 20.0 Å². The highest BCUT2D eigenvalue weighted by molar-refractivity contribution is 7.92. The van der Waals surface area contributed by atoms with Gasteiger partial charge in [-0.3, -0.25) is 9.10 Å². The fourth-order valence-corrected chi connectivity index (χ4v) is 4.12. The standard InChI is InChI=1S/C25H26ClN3O4S/c1-3-19-8-12-22(13-9-19)29(34(2,31)32)17-25(30)28-27-16-20-10-14-23(15-11-20)33-18-21-6-4-5-7-24(21)26/h4-16H,3,17-18H2,1-2H3,(H,28,30)/b27-16-. The van der Waals surface area contributed by atoms with Crippen LogP contribution >= 0.6 is 11.6 Å². The molecule has 0 heterocycles. The molecule has 0 saturated heterocycles. The molecule has 0 fully saturated rings. The maximum Gasteiger partial charge on any atom is 0.260 e. The number of amides is 1. The van der Waals surface area contributed by atoms with Gasteiger partial charge in [0.15, 0.2) is 0 Å². The number of hydrogen-bond donors (Lipinski definition) is 1. The van der Waals surface area contributed by atoms with Gasteiger partial charge in [-0.1, -0.05) is 48.9 Å². The summed E-state index contributed by atoms with van der Waals surface area (Å²) in [4.78, 5) is 12.3. The van der Waals surface area contributed by atoms with Crippen molar-refractivity contribution in [2.24, 2.45) is 5.10 Å². The Balaban J connectivity index is 1.55. The largest absolute Gasteiger partial charge is 0.489 e. The van der Waals surface area contributed by atoms with E-state index in [-0.39, 0.29) is 6.54 Å². The van der Waals surface area contributed by atoms with Crippen LogP contribution < -0.4 is 14.5 Å². The van der Waals surface area contributed by atoms with Crippen LogP contribution in [0.2, 0.25) is 5.02 Å². The minimum atomic E-state index is -3.64. The highest BCUT2D eigenvalue weighted by Gasteiger charge is 2.20. The smallest absolute Gasteiger partial charge is 0.260 e. The summed E-state index contributed by atoms with van der Waals surface area (Å²) in [7, 11) is -3.64. The van der Waals surface area contributed by atoms with E-state index in [4.69, 9.17) is 16.3 Å². The number of anilines is 1. The van der Waals surface area contributed by atoms with Crippen LogP contribution in [0.15, 0.2) is 77.9 Å². The van der Waals surface area contributed by atoms with Gasteiger partial charge in [-0.05, 0) is 60.0 Å². The Bertz CT molecular complexity index is 1240. The molecular weight excluding hydrogens is 474 g/mol. The van der Waals surface area contributed by atoms with Crippen LogP contribution in [0.5, 0.6) is 5.75 Å². The van der Waals surface area contributed by atoms with Crippen LogP contribution in [-0.2, 0) is 27.8 Å². The van der Waals surface area contributed by atoms with Crippen molar-refractivity contribution in [3.63, 3.8) is 0 Å². The summed E-state index contributed by atoms with van der Waals surface area (Å²) in [5, 5.41) is 4.58. The monoisotopic (exact) mass is 499 g/mol. The molecule has 0 aliphatic heterocycles. The summed E-state index contributed by atoms with van der Waals surface area (Å²) in [5.74, 6) is 0.111. The highest BCUT2D eigenvalue weighted by atomic mass is 35.5. The van der Waals surface area contributed by atoms with Crippen LogP contribution in [0.1, 0.15) is 23.6 Å². The van der Waals surface area contributed by atoms with Crippen molar-refractivity contribution in [1.29, 1.82) is 0 Å². The van der Waals surface area contributed by atoms with Crippen LogP contribution in [0.3, 0.4) is 0 Å². The lowest BCUT2D eigenvalue weighted by molar-refractivity contribution is -0.119. The number of halogens is 1. The number of hydrogen-bond acceptors (Lipinski definition) is 5. The molecule has 178 valence electrons. The summed E-state index contributed by atoms with van der Waals surface area (Å²) in [5.41, 5.74) is 5.50. The highest BCUT2D eigenvalue weighted by Crippen LogP contribution is 2.19. The van der Waals surface area contributed by atoms with E-state index in [1.54, 1.807) is 36.4 Å². The summed E-state index contributed by atoms with van der Waals surface area (Å²) in [6.45, 7) is 1.98. The summed E-state index contributed by atoms with van der Waals surface area (Å²) in [6, 6.07) is 21.7. The Labute approximate surface area is 205 Å². The Morgan fingerprint density at radius 3 is 2.35 bits per heavy atom. The summed E-state index contributed by atoms with van der Waals surface area (Å²) >= 11 is 6.13. The van der Waals surface area contributed by atoms with E-state index in [9.17, 15) is 13.2 Å². The second kappa shape index (κ2) is 11.7. The Morgan fingerprint density at radius 2 is 1.74 bits per heavy atom. The molecule has 0 aliphatic carbocycles. The normalized spacial score (nSPS) is 11.4. The molecule has 3 aromatic rings. The molecule has 0 unspecified atom stereocenters. The van der Waals surface area contributed by atoms with E-state index in [1.165, 1.54) is 6.21 Å². The first-order valence-corrected chi connectivity index (χ1v) is 12.8. The van der Waals surface area contributed by atoms with Crippen LogP contribution in [0, 0.1) is 0 Å². The number of hydrazone groups is 1. The maximum absolute atomic E-state index is 12.3. The number of rotatable bonds is 10. The quantitative estimate of drug-likeness (QED) is 0.331. The first-order valence-electron chi connectivity index (χ1n) is 10.6. The minimum absolute atomic E-state index is 0.348. The molecule has 0 atom stereocenters. The predicted octanol–water partition coefficient (Wildman–Crippen LogP) is 4.40. The van der Waals surface area contributed by atoms with Gasteiger partial charge in [0.2, 0.25) is 10.0 Å². The van der Waals surface area contributed by atoms with Crippen LogP contribution in [0.25, 0.3) is 0 Å². The fraction of sp³-hybridized carbons (Fsp3) is 0.200. The first-order chi connectivity index (χ1) is 16.3. The molecule has 0 aliphatic rings. The minimum Gasteiger partial charge on any atom is -0.489 e. The van der Waals surface area contributed by atoms with Gasteiger partial charge in [-0.2, -0.15) is 5.10 Å². The summed E-state index contributed by atoms with van der Waals surface area (Å²) in [6.07, 6.45) is 3.37. The van der Waals surface area contributed by atoms with E-state index >= 15 is 0 Å². The molecule has 1 amide bonds. The van der Waals surface area contributed by atoms with Gasteiger partial charge in [-0.15, -0.1) is 0 Å². The second-order valence-corrected chi connectivity index (χ2v) is 9.85. The molecular formula is C25H26ClN3O4S. The zero-order valence-electron chi connectivity index (χ0n) is 18.9. The number of carbonyl (C=O) groups excluding carboxylic acids is 1. The van der Waals surface area contributed by atoms with Crippen molar-refractivity contribution in [3.8, 4) is 5.75 Å². The van der Waals surface area contributed by atoms with Crippen molar-refractivity contribution in [3.05, 3.63) is 94.5 Å². The van der Waals surface area contributed by atoms with Crippen LogP contribution in [0.4, 0.5) is 5.69 Å². The lowest BCUT2D eigenvalue weighted by Crippen LogP contribution is -2.39. The average molecular weight is 500 g/mol. The lowest BCUT2D eigenvalue weighted by atomic mass is 10.1. The molecule has 0 spiro atoms. The number of ether oxygens (including phenoxy) is 1. The Morgan fingerprint density at radius 1 is 1.06 bits per heavy atom. The second-order valence-electron chi connectivity index (χ2n) is 7.53. The third-order valence-corrected chi connectivity index (χ3v) is 6.46. The van der Waals surface area contributed by atoms with E-state index in [0.29, 0.717) is 23.1 Å². The lowest BCUT2D eigenvalue weighted by Gasteiger charge is -2.21. The van der Waals surface area contributed by atoms with Gasteiger partial charge in [0.25, 0.3) is 5.91 Å². The molecule has 7 nitrogen and oxygen atoms in total. The van der Waals surface area contributed by atoms with Crippen molar-refractivity contribution in [2.75, 3.05) is 17.1 Å². The first kappa shape index (κ1) is 25.3. The number of aryl methyl sites for hydroxylation is 1. The van der Waals surface area contributed by atoms with E-state index in [2.05, 4.69) is 10.5 Å². The number of sulfonamides is 1. The van der Waals surface area contributed by atoms with Gasteiger partial charge in [-0.25, -0.2) is 13.8 Å². The molecule has 0 aromatic heterocycles. The van der Waals surface area contributed by atoms with Gasteiger partial charge >= 0.3 is 0 Å². The van der Waals surface area contributed by atoms with E-state index in [0.717, 1.165) is 33.7 Å². The Hall–Kier alpha value is -3.36.